The highest BCUT2D eigenvalue weighted by Gasteiger charge is 2.61. The van der Waals surface area contributed by atoms with Crippen molar-refractivity contribution < 1.29 is 14.6 Å². The van der Waals surface area contributed by atoms with Crippen molar-refractivity contribution in [3.8, 4) is 22.8 Å². The fourth-order valence-electron chi connectivity index (χ4n) is 4.74. The van der Waals surface area contributed by atoms with Crippen LogP contribution >= 0.6 is 0 Å². The van der Waals surface area contributed by atoms with E-state index in [0.29, 0.717) is 30.9 Å². The van der Waals surface area contributed by atoms with Crippen LogP contribution in [0.25, 0.3) is 11.3 Å². The van der Waals surface area contributed by atoms with E-state index in [0.717, 1.165) is 34.6 Å². The highest BCUT2D eigenvalue weighted by atomic mass is 16.5. The zero-order valence-corrected chi connectivity index (χ0v) is 16.4. The number of nitrogens with zero attached hydrogens (tertiary/aromatic N) is 3. The minimum atomic E-state index is 0.0893. The van der Waals surface area contributed by atoms with Gasteiger partial charge in [0.2, 0.25) is 5.91 Å². The number of carbonyl (C=O) groups excluding carboxylic acids is 1. The number of carbonyl (C=O) groups is 1. The van der Waals surface area contributed by atoms with Crippen LogP contribution in [0, 0.1) is 25.2 Å². The van der Waals surface area contributed by atoms with E-state index >= 15 is 0 Å². The van der Waals surface area contributed by atoms with Crippen LogP contribution in [0.2, 0.25) is 0 Å². The molecule has 3 aliphatic rings. The van der Waals surface area contributed by atoms with Crippen molar-refractivity contribution >= 4 is 5.91 Å². The molecule has 1 atom stereocenters. The lowest BCUT2D eigenvalue weighted by Gasteiger charge is -2.28. The predicted octanol–water partition coefficient (Wildman–Crippen LogP) is 3.38. The zero-order valence-electron chi connectivity index (χ0n) is 16.4. The fraction of sp³-hybridized carbons (Fsp3) is 0.500. The van der Waals surface area contributed by atoms with Crippen LogP contribution < -0.4 is 4.74 Å². The van der Waals surface area contributed by atoms with Crippen molar-refractivity contribution in [2.45, 2.75) is 46.1 Å². The summed E-state index contributed by atoms with van der Waals surface area (Å²) in [6.45, 7) is 5.21. The van der Waals surface area contributed by atoms with Crippen LogP contribution in [-0.2, 0) is 11.3 Å². The molecular formula is C22H25N3O3. The van der Waals surface area contributed by atoms with Crippen LogP contribution in [0.5, 0.6) is 11.5 Å². The average Bonchev–Trinajstić information content (AvgIpc) is 3.42. The topological polar surface area (TPSA) is 75.6 Å². The number of ether oxygens (including phenoxy) is 1. The number of aryl methyl sites for hydroxylation is 2. The van der Waals surface area contributed by atoms with E-state index in [4.69, 9.17) is 4.74 Å². The summed E-state index contributed by atoms with van der Waals surface area (Å²) in [4.78, 5) is 23.9. The van der Waals surface area contributed by atoms with Crippen LogP contribution in [0.3, 0.4) is 0 Å². The number of amides is 1. The molecule has 5 rings (SSSR count). The Kier molecular flexibility index (Phi) is 3.86. The Hall–Kier alpha value is -2.63. The summed E-state index contributed by atoms with van der Waals surface area (Å²) in [5.41, 5.74) is 4.30. The summed E-state index contributed by atoms with van der Waals surface area (Å²) in [5, 5.41) is 10.6. The highest BCUT2D eigenvalue weighted by Crippen LogP contribution is 2.66. The van der Waals surface area contributed by atoms with Gasteiger partial charge in [-0.2, -0.15) is 0 Å². The van der Waals surface area contributed by atoms with Crippen molar-refractivity contribution in [1.82, 2.24) is 14.9 Å². The van der Waals surface area contributed by atoms with Crippen molar-refractivity contribution in [2.75, 3.05) is 13.2 Å². The van der Waals surface area contributed by atoms with Gasteiger partial charge in [0.25, 0.3) is 0 Å². The molecule has 0 unspecified atom stereocenters. The Morgan fingerprint density at radius 1 is 1.32 bits per heavy atom. The van der Waals surface area contributed by atoms with E-state index in [2.05, 4.69) is 9.97 Å². The molecule has 1 spiro atoms. The lowest BCUT2D eigenvalue weighted by atomic mass is 9.79. The summed E-state index contributed by atoms with van der Waals surface area (Å²) in [6, 6.07) is 3.65. The molecule has 6 nitrogen and oxygen atoms in total. The normalized spacial score (nSPS) is 22.1. The first-order valence-corrected chi connectivity index (χ1v) is 10.0. The third kappa shape index (κ3) is 2.74. The van der Waals surface area contributed by atoms with E-state index < -0.39 is 0 Å². The van der Waals surface area contributed by atoms with Gasteiger partial charge in [-0.05, 0) is 50.7 Å². The van der Waals surface area contributed by atoms with E-state index in [-0.39, 0.29) is 17.6 Å². The third-order valence-electron chi connectivity index (χ3n) is 6.61. The molecule has 1 amide bonds. The molecule has 2 heterocycles. The van der Waals surface area contributed by atoms with Crippen LogP contribution in [0.15, 0.2) is 18.3 Å². The molecular weight excluding hydrogens is 354 g/mol. The van der Waals surface area contributed by atoms with Gasteiger partial charge in [-0.15, -0.1) is 0 Å². The van der Waals surface area contributed by atoms with Crippen molar-refractivity contribution in [2.24, 2.45) is 11.3 Å². The summed E-state index contributed by atoms with van der Waals surface area (Å²) >= 11 is 0. The Bertz CT molecular complexity index is 968. The quantitative estimate of drug-likeness (QED) is 0.866. The van der Waals surface area contributed by atoms with Gasteiger partial charge in [0.15, 0.2) is 11.5 Å². The number of aromatic hydroxyl groups is 1. The molecule has 6 heteroatoms. The van der Waals surface area contributed by atoms with Crippen LogP contribution in [-0.4, -0.2) is 39.0 Å². The monoisotopic (exact) mass is 379 g/mol. The van der Waals surface area contributed by atoms with Gasteiger partial charge in [-0.3, -0.25) is 9.78 Å². The van der Waals surface area contributed by atoms with Gasteiger partial charge in [0.05, 0.1) is 23.6 Å². The second-order valence-corrected chi connectivity index (χ2v) is 8.51. The summed E-state index contributed by atoms with van der Waals surface area (Å²) in [6.07, 6.45) is 6.42. The molecule has 0 saturated heterocycles. The van der Waals surface area contributed by atoms with Gasteiger partial charge in [-0.25, -0.2) is 4.98 Å². The molecule has 0 radical (unpaired) electrons. The molecule has 0 bridgehead atoms. The van der Waals surface area contributed by atoms with Gasteiger partial charge >= 0.3 is 0 Å². The molecule has 1 N–H and O–H groups in total. The maximum absolute atomic E-state index is 13.1. The lowest BCUT2D eigenvalue weighted by molar-refractivity contribution is -0.134. The maximum Gasteiger partial charge on any atom is 0.226 e. The zero-order chi connectivity index (χ0) is 19.5. The number of fused-ring (bicyclic) bond motifs is 1. The van der Waals surface area contributed by atoms with E-state index in [1.807, 2.05) is 24.8 Å². The smallest absolute Gasteiger partial charge is 0.226 e. The SMILES string of the molecule is Cc1cnc(C)c(-c2cc(O)c3c(c2)CN(C(=O)[C@H]2CC24CCC4)CCO3)n1. The largest absolute Gasteiger partial charge is 0.504 e. The second kappa shape index (κ2) is 6.19. The molecule has 1 aromatic carbocycles. The summed E-state index contributed by atoms with van der Waals surface area (Å²) in [7, 11) is 0. The first-order valence-electron chi connectivity index (χ1n) is 10.0. The Labute approximate surface area is 164 Å². The molecule has 2 aromatic rings. The Morgan fingerprint density at radius 3 is 2.86 bits per heavy atom. The summed E-state index contributed by atoms with van der Waals surface area (Å²) < 4.78 is 5.82. The minimum Gasteiger partial charge on any atom is -0.504 e. The maximum atomic E-state index is 13.1. The second-order valence-electron chi connectivity index (χ2n) is 8.51. The van der Waals surface area contributed by atoms with E-state index in [9.17, 15) is 9.90 Å². The van der Waals surface area contributed by atoms with E-state index in [1.54, 1.807) is 12.3 Å². The average molecular weight is 379 g/mol. The van der Waals surface area contributed by atoms with Crippen molar-refractivity contribution in [3.05, 3.63) is 35.3 Å². The molecule has 2 fully saturated rings. The number of benzene rings is 1. The molecule has 2 saturated carbocycles. The van der Waals surface area contributed by atoms with Gasteiger partial charge < -0.3 is 14.7 Å². The molecule has 1 aliphatic heterocycles. The Morgan fingerprint density at radius 2 is 2.14 bits per heavy atom. The number of phenols is 1. The number of hydrogen-bond acceptors (Lipinski definition) is 5. The van der Waals surface area contributed by atoms with Crippen molar-refractivity contribution in [3.63, 3.8) is 0 Å². The van der Waals surface area contributed by atoms with E-state index in [1.165, 1.54) is 19.3 Å². The van der Waals surface area contributed by atoms with Crippen molar-refractivity contribution in [1.29, 1.82) is 0 Å². The fourth-order valence-corrected chi connectivity index (χ4v) is 4.74. The first-order chi connectivity index (χ1) is 13.5. The van der Waals surface area contributed by atoms with Crippen LogP contribution in [0.1, 0.15) is 42.6 Å². The lowest BCUT2D eigenvalue weighted by Crippen LogP contribution is -2.35. The van der Waals surface area contributed by atoms with Gasteiger partial charge in [0.1, 0.15) is 6.61 Å². The first kappa shape index (κ1) is 17.5. The number of phenolic OH excluding ortho intramolecular Hbond substituents is 1. The number of rotatable bonds is 2. The predicted molar refractivity (Wildman–Crippen MR) is 104 cm³/mol. The molecule has 146 valence electrons. The number of hydrogen-bond donors (Lipinski definition) is 1. The summed E-state index contributed by atoms with van der Waals surface area (Å²) in [5.74, 6) is 0.995. The minimum absolute atomic E-state index is 0.0893. The molecule has 2 aliphatic carbocycles. The Balaban J connectivity index is 1.47. The van der Waals surface area contributed by atoms with Crippen LogP contribution in [0.4, 0.5) is 0 Å². The van der Waals surface area contributed by atoms with Gasteiger partial charge in [-0.1, -0.05) is 6.42 Å². The third-order valence-corrected chi connectivity index (χ3v) is 6.61. The standard InChI is InChI=1S/C22H25N3O3/c1-13-11-23-14(2)19(24-13)15-8-16-12-25(6-7-28-20(16)18(26)9-15)21(27)17-10-22(17)4-3-5-22/h8-9,11,17,26H,3-7,10,12H2,1-2H3/t17-/m1/s1. The number of aromatic nitrogens is 2. The molecule has 28 heavy (non-hydrogen) atoms. The molecule has 1 aromatic heterocycles. The highest BCUT2D eigenvalue weighted by molar-refractivity contribution is 5.83. The van der Waals surface area contributed by atoms with Gasteiger partial charge in [0, 0.05) is 29.8 Å².